The van der Waals surface area contributed by atoms with E-state index in [0.717, 1.165) is 17.1 Å². The molecule has 23 heavy (non-hydrogen) atoms. The molecule has 0 saturated carbocycles. The van der Waals surface area contributed by atoms with Crippen LogP contribution in [0.2, 0.25) is 0 Å². The molecule has 1 amide bonds. The average molecular weight is 331 g/mol. The number of rotatable bonds is 4. The molecule has 0 aliphatic carbocycles. The molecule has 6 nitrogen and oxygen atoms in total. The highest BCUT2D eigenvalue weighted by molar-refractivity contribution is 7.99. The molecule has 0 unspecified atom stereocenters. The molecule has 2 heterocycles. The number of carboxylic acid groups (broad SMARTS) is 1. The van der Waals surface area contributed by atoms with Gasteiger partial charge in [0.05, 0.1) is 5.69 Å². The summed E-state index contributed by atoms with van der Waals surface area (Å²) in [6.45, 7) is 0. The number of nitrogens with one attached hydrogen (secondary N) is 2. The van der Waals surface area contributed by atoms with Crippen LogP contribution in [0.1, 0.15) is 23.3 Å². The van der Waals surface area contributed by atoms with Gasteiger partial charge in [-0.15, -0.1) is 0 Å². The van der Waals surface area contributed by atoms with Crippen molar-refractivity contribution in [3.8, 4) is 11.3 Å². The van der Waals surface area contributed by atoms with E-state index in [2.05, 4.69) is 15.5 Å². The molecular weight excluding hydrogens is 314 g/mol. The molecule has 0 radical (unpaired) electrons. The minimum Gasteiger partial charge on any atom is -0.480 e. The maximum atomic E-state index is 12.4. The lowest BCUT2D eigenvalue weighted by atomic mass is 9.92. The average Bonchev–Trinajstić information content (AvgIpc) is 3.06. The highest BCUT2D eigenvalue weighted by Gasteiger charge is 2.41. The van der Waals surface area contributed by atoms with Crippen LogP contribution in [-0.4, -0.2) is 44.2 Å². The summed E-state index contributed by atoms with van der Waals surface area (Å²) < 4.78 is 0. The number of carboxylic acids is 1. The number of carbonyl (C=O) groups is 2. The molecule has 1 aliphatic heterocycles. The molecule has 1 fully saturated rings. The Bertz CT molecular complexity index is 708. The number of hydrogen-bond donors (Lipinski definition) is 3. The quantitative estimate of drug-likeness (QED) is 0.798. The van der Waals surface area contributed by atoms with E-state index in [0.29, 0.717) is 18.5 Å². The summed E-state index contributed by atoms with van der Waals surface area (Å²) in [4.78, 5) is 24.0. The van der Waals surface area contributed by atoms with Crippen LogP contribution in [0.3, 0.4) is 0 Å². The van der Waals surface area contributed by atoms with Gasteiger partial charge in [0.15, 0.2) is 0 Å². The molecule has 0 spiro atoms. The van der Waals surface area contributed by atoms with Gasteiger partial charge in [0, 0.05) is 5.56 Å². The van der Waals surface area contributed by atoms with E-state index in [1.807, 2.05) is 30.3 Å². The summed E-state index contributed by atoms with van der Waals surface area (Å²) in [5, 5.41) is 19.0. The molecule has 120 valence electrons. The highest BCUT2D eigenvalue weighted by Crippen LogP contribution is 2.28. The van der Waals surface area contributed by atoms with E-state index >= 15 is 0 Å². The van der Waals surface area contributed by atoms with Gasteiger partial charge in [-0.25, -0.2) is 4.79 Å². The monoisotopic (exact) mass is 331 g/mol. The van der Waals surface area contributed by atoms with Gasteiger partial charge in [0.2, 0.25) is 0 Å². The Morgan fingerprint density at radius 3 is 2.57 bits per heavy atom. The van der Waals surface area contributed by atoms with E-state index in [-0.39, 0.29) is 5.69 Å². The van der Waals surface area contributed by atoms with Crippen molar-refractivity contribution in [1.29, 1.82) is 0 Å². The van der Waals surface area contributed by atoms with Crippen molar-refractivity contribution in [2.45, 2.75) is 18.4 Å². The summed E-state index contributed by atoms with van der Waals surface area (Å²) in [5.41, 5.74) is 0.632. The molecule has 0 atom stereocenters. The Hall–Kier alpha value is -2.28. The van der Waals surface area contributed by atoms with Crippen LogP contribution >= 0.6 is 11.8 Å². The van der Waals surface area contributed by atoms with E-state index in [4.69, 9.17) is 0 Å². The normalized spacial score (nSPS) is 16.7. The third-order valence-electron chi connectivity index (χ3n) is 4.00. The highest BCUT2D eigenvalue weighted by atomic mass is 32.2. The van der Waals surface area contributed by atoms with Crippen molar-refractivity contribution >= 4 is 23.6 Å². The maximum absolute atomic E-state index is 12.4. The summed E-state index contributed by atoms with van der Waals surface area (Å²) in [6.07, 6.45) is 0.858. The van der Waals surface area contributed by atoms with Crippen molar-refractivity contribution in [3.63, 3.8) is 0 Å². The molecular formula is C16H17N3O3S. The van der Waals surface area contributed by atoms with Crippen LogP contribution in [0.15, 0.2) is 36.4 Å². The first-order valence-electron chi connectivity index (χ1n) is 7.35. The van der Waals surface area contributed by atoms with Gasteiger partial charge >= 0.3 is 5.97 Å². The molecule has 1 aliphatic rings. The predicted molar refractivity (Wildman–Crippen MR) is 88.4 cm³/mol. The third-order valence-corrected chi connectivity index (χ3v) is 4.99. The second kappa shape index (κ2) is 6.45. The lowest BCUT2D eigenvalue weighted by molar-refractivity contribution is -0.144. The Balaban J connectivity index is 1.78. The SMILES string of the molecule is O=C(NC1(C(=O)O)CCSCC1)c1cc(-c2ccccc2)n[nH]1. The molecule has 2 aromatic rings. The van der Waals surface area contributed by atoms with E-state index in [1.54, 1.807) is 17.8 Å². The second-order valence-corrected chi connectivity index (χ2v) is 6.71. The van der Waals surface area contributed by atoms with Crippen LogP contribution in [0.25, 0.3) is 11.3 Å². The van der Waals surface area contributed by atoms with Crippen molar-refractivity contribution in [2.24, 2.45) is 0 Å². The number of carbonyl (C=O) groups excluding carboxylic acids is 1. The van der Waals surface area contributed by atoms with Crippen molar-refractivity contribution < 1.29 is 14.7 Å². The van der Waals surface area contributed by atoms with Gasteiger partial charge < -0.3 is 10.4 Å². The molecule has 7 heteroatoms. The van der Waals surface area contributed by atoms with Crippen LogP contribution in [0.5, 0.6) is 0 Å². The molecule has 1 aromatic carbocycles. The topological polar surface area (TPSA) is 95.1 Å². The number of thioether (sulfide) groups is 1. The number of nitrogens with zero attached hydrogens (tertiary/aromatic N) is 1. The largest absolute Gasteiger partial charge is 0.480 e. The molecule has 0 bridgehead atoms. The summed E-state index contributed by atoms with van der Waals surface area (Å²) in [6, 6.07) is 11.1. The van der Waals surface area contributed by atoms with Gasteiger partial charge in [-0.1, -0.05) is 30.3 Å². The number of hydrogen-bond acceptors (Lipinski definition) is 4. The van der Waals surface area contributed by atoms with Crippen molar-refractivity contribution in [1.82, 2.24) is 15.5 Å². The summed E-state index contributed by atoms with van der Waals surface area (Å²) >= 11 is 1.70. The van der Waals surface area contributed by atoms with Gasteiger partial charge in [-0.3, -0.25) is 9.89 Å². The van der Waals surface area contributed by atoms with Crippen LogP contribution < -0.4 is 5.32 Å². The lowest BCUT2D eigenvalue weighted by Crippen LogP contribution is -2.56. The minimum atomic E-state index is -1.18. The fourth-order valence-electron chi connectivity index (χ4n) is 2.59. The first-order chi connectivity index (χ1) is 11.1. The minimum absolute atomic E-state index is 0.266. The zero-order valence-electron chi connectivity index (χ0n) is 12.4. The zero-order valence-corrected chi connectivity index (χ0v) is 13.2. The van der Waals surface area contributed by atoms with E-state index < -0.39 is 17.4 Å². The zero-order chi connectivity index (χ0) is 16.3. The number of aromatic amines is 1. The number of aromatic nitrogens is 2. The lowest BCUT2D eigenvalue weighted by Gasteiger charge is -2.33. The van der Waals surface area contributed by atoms with Gasteiger partial charge in [-0.05, 0) is 30.4 Å². The Morgan fingerprint density at radius 2 is 1.91 bits per heavy atom. The fraction of sp³-hybridized carbons (Fsp3) is 0.312. The van der Waals surface area contributed by atoms with Crippen LogP contribution in [-0.2, 0) is 4.79 Å². The predicted octanol–water partition coefficient (Wildman–Crippen LogP) is 2.16. The standard InChI is InChI=1S/C16H17N3O3S/c20-14(17-16(15(21)22)6-8-23-9-7-16)13-10-12(18-19-13)11-4-2-1-3-5-11/h1-5,10H,6-9H2,(H,17,20)(H,18,19)(H,21,22). The van der Waals surface area contributed by atoms with Gasteiger partial charge in [-0.2, -0.15) is 16.9 Å². The first kappa shape index (κ1) is 15.6. The van der Waals surface area contributed by atoms with E-state index in [9.17, 15) is 14.7 Å². The molecule has 1 saturated heterocycles. The smallest absolute Gasteiger partial charge is 0.329 e. The number of amides is 1. The number of benzene rings is 1. The first-order valence-corrected chi connectivity index (χ1v) is 8.51. The fourth-order valence-corrected chi connectivity index (χ4v) is 3.78. The summed E-state index contributed by atoms with van der Waals surface area (Å²) in [7, 11) is 0. The Morgan fingerprint density at radius 1 is 1.22 bits per heavy atom. The summed E-state index contributed by atoms with van der Waals surface area (Å²) in [5.74, 6) is 0.0401. The van der Waals surface area contributed by atoms with Gasteiger partial charge in [0.25, 0.3) is 5.91 Å². The van der Waals surface area contributed by atoms with Crippen molar-refractivity contribution in [3.05, 3.63) is 42.1 Å². The molecule has 3 rings (SSSR count). The van der Waals surface area contributed by atoms with Crippen LogP contribution in [0.4, 0.5) is 0 Å². The Kier molecular flexibility index (Phi) is 4.38. The van der Waals surface area contributed by atoms with E-state index in [1.165, 1.54) is 0 Å². The third kappa shape index (κ3) is 3.24. The molecule has 3 N–H and O–H groups in total. The van der Waals surface area contributed by atoms with Crippen LogP contribution in [0, 0.1) is 0 Å². The van der Waals surface area contributed by atoms with Gasteiger partial charge in [0.1, 0.15) is 11.2 Å². The second-order valence-electron chi connectivity index (χ2n) is 5.49. The van der Waals surface area contributed by atoms with Crippen molar-refractivity contribution in [2.75, 3.05) is 11.5 Å². The number of aliphatic carboxylic acids is 1. The molecule has 1 aromatic heterocycles. The Labute approximate surface area is 137 Å². The number of H-pyrrole nitrogens is 1. The maximum Gasteiger partial charge on any atom is 0.329 e.